The lowest BCUT2D eigenvalue weighted by Crippen LogP contribution is -2.41. The highest BCUT2D eigenvalue weighted by atomic mass is 32.2. The molecule has 8 heteroatoms. The molecule has 0 amide bonds. The second-order valence-corrected chi connectivity index (χ2v) is 7.88. The van der Waals surface area contributed by atoms with E-state index in [9.17, 15) is 8.42 Å². The summed E-state index contributed by atoms with van der Waals surface area (Å²) in [5, 5.41) is 3.99. The van der Waals surface area contributed by atoms with Gasteiger partial charge in [-0.05, 0) is 19.3 Å². The zero-order valence-corrected chi connectivity index (χ0v) is 12.1. The summed E-state index contributed by atoms with van der Waals surface area (Å²) >= 11 is 0. The molecule has 3 rings (SSSR count). The Balaban J connectivity index is 1.83. The number of hydrogen-bond acceptors (Lipinski definition) is 7. The van der Waals surface area contributed by atoms with Crippen molar-refractivity contribution in [1.29, 1.82) is 0 Å². The minimum atomic E-state index is -2.95. The highest BCUT2D eigenvalue weighted by molar-refractivity contribution is 7.91. The van der Waals surface area contributed by atoms with E-state index in [1.54, 1.807) is 0 Å². The van der Waals surface area contributed by atoms with Gasteiger partial charge in [0.1, 0.15) is 0 Å². The summed E-state index contributed by atoms with van der Waals surface area (Å²) in [7, 11) is -2.95. The van der Waals surface area contributed by atoms with E-state index in [1.165, 1.54) is 0 Å². The van der Waals surface area contributed by atoms with Crippen LogP contribution in [-0.2, 0) is 20.0 Å². The Hall–Kier alpha value is -0.990. The van der Waals surface area contributed by atoms with Crippen molar-refractivity contribution < 1.29 is 17.7 Å². The molecule has 112 valence electrons. The largest absolute Gasteiger partial charge is 0.381 e. The van der Waals surface area contributed by atoms with Crippen molar-refractivity contribution in [2.24, 2.45) is 5.73 Å². The second-order valence-electron chi connectivity index (χ2n) is 5.65. The van der Waals surface area contributed by atoms with Gasteiger partial charge in [-0.25, -0.2) is 8.42 Å². The Labute approximate surface area is 117 Å². The first-order valence-corrected chi connectivity index (χ1v) is 8.69. The number of nitrogens with zero attached hydrogens (tertiary/aromatic N) is 2. The summed E-state index contributed by atoms with van der Waals surface area (Å²) in [6, 6.07) is 0. The third-order valence-corrected chi connectivity index (χ3v) is 6.10. The Morgan fingerprint density at radius 2 is 2.10 bits per heavy atom. The van der Waals surface area contributed by atoms with Crippen molar-refractivity contribution in [3.05, 3.63) is 11.7 Å². The molecule has 0 aromatic carbocycles. The van der Waals surface area contributed by atoms with Crippen molar-refractivity contribution in [3.63, 3.8) is 0 Å². The van der Waals surface area contributed by atoms with Gasteiger partial charge in [0.05, 0.1) is 16.9 Å². The van der Waals surface area contributed by atoms with E-state index in [2.05, 4.69) is 10.1 Å². The van der Waals surface area contributed by atoms with Crippen molar-refractivity contribution >= 4 is 9.84 Å². The molecule has 20 heavy (non-hydrogen) atoms. The average molecular weight is 301 g/mol. The van der Waals surface area contributed by atoms with Crippen LogP contribution >= 0.6 is 0 Å². The lowest BCUT2D eigenvalue weighted by atomic mass is 9.80. The molecule has 0 spiro atoms. The second kappa shape index (κ2) is 5.09. The van der Waals surface area contributed by atoms with Gasteiger partial charge in [0.15, 0.2) is 15.7 Å². The molecule has 1 unspecified atom stereocenters. The van der Waals surface area contributed by atoms with Crippen molar-refractivity contribution in [3.8, 4) is 0 Å². The first kappa shape index (κ1) is 14.0. The summed E-state index contributed by atoms with van der Waals surface area (Å²) in [6.45, 7) is 1.69. The SMILES string of the molecule is NCC1(c2nc(C3CCS(=O)(=O)C3)no2)CCOCC1. The van der Waals surface area contributed by atoms with Crippen LogP contribution in [0.25, 0.3) is 0 Å². The lowest BCUT2D eigenvalue weighted by Gasteiger charge is -2.32. The molecule has 0 bridgehead atoms. The quantitative estimate of drug-likeness (QED) is 0.835. The van der Waals surface area contributed by atoms with Gasteiger partial charge in [-0.3, -0.25) is 0 Å². The first-order chi connectivity index (χ1) is 9.55. The third-order valence-electron chi connectivity index (χ3n) is 4.33. The van der Waals surface area contributed by atoms with Crippen LogP contribution in [0.1, 0.15) is 36.9 Å². The van der Waals surface area contributed by atoms with Crippen LogP contribution < -0.4 is 5.73 Å². The predicted octanol–water partition coefficient (Wildman–Crippen LogP) is -0.0214. The van der Waals surface area contributed by atoms with E-state index < -0.39 is 9.84 Å². The van der Waals surface area contributed by atoms with E-state index in [1.807, 2.05) is 0 Å². The number of hydrogen-bond donors (Lipinski definition) is 1. The van der Waals surface area contributed by atoms with Crippen LogP contribution in [0.5, 0.6) is 0 Å². The number of nitrogens with two attached hydrogens (primary N) is 1. The monoisotopic (exact) mass is 301 g/mol. The fourth-order valence-corrected chi connectivity index (χ4v) is 4.62. The van der Waals surface area contributed by atoms with Crippen LogP contribution in [0.15, 0.2) is 4.52 Å². The highest BCUT2D eigenvalue weighted by Gasteiger charge is 2.40. The number of rotatable bonds is 3. The summed E-state index contributed by atoms with van der Waals surface area (Å²) < 4.78 is 33.8. The molecule has 3 heterocycles. The van der Waals surface area contributed by atoms with E-state index in [-0.39, 0.29) is 22.8 Å². The van der Waals surface area contributed by atoms with Crippen molar-refractivity contribution in [2.75, 3.05) is 31.3 Å². The zero-order chi connectivity index (χ0) is 14.2. The number of sulfone groups is 1. The van der Waals surface area contributed by atoms with Crippen LogP contribution in [0, 0.1) is 0 Å². The minimum Gasteiger partial charge on any atom is -0.381 e. The number of aromatic nitrogens is 2. The summed E-state index contributed by atoms with van der Waals surface area (Å²) in [4.78, 5) is 4.45. The third kappa shape index (κ3) is 2.47. The molecule has 7 nitrogen and oxygen atoms in total. The fourth-order valence-electron chi connectivity index (χ4n) is 2.88. The fraction of sp³-hybridized carbons (Fsp3) is 0.833. The molecule has 2 N–H and O–H groups in total. The lowest BCUT2D eigenvalue weighted by molar-refractivity contribution is 0.0409. The maximum Gasteiger partial charge on any atom is 0.234 e. The van der Waals surface area contributed by atoms with Crippen LogP contribution in [0.3, 0.4) is 0 Å². The maximum absolute atomic E-state index is 11.5. The van der Waals surface area contributed by atoms with Crippen LogP contribution in [-0.4, -0.2) is 49.8 Å². The smallest absolute Gasteiger partial charge is 0.234 e. The normalized spacial score (nSPS) is 28.6. The molecule has 2 saturated heterocycles. The van der Waals surface area contributed by atoms with E-state index >= 15 is 0 Å². The van der Waals surface area contributed by atoms with E-state index in [0.29, 0.717) is 37.9 Å². The van der Waals surface area contributed by atoms with Crippen LogP contribution in [0.2, 0.25) is 0 Å². The summed E-state index contributed by atoms with van der Waals surface area (Å²) in [5.74, 6) is 1.21. The highest BCUT2D eigenvalue weighted by Crippen LogP contribution is 2.34. The average Bonchev–Trinajstić information content (AvgIpc) is 3.06. The maximum atomic E-state index is 11.5. The van der Waals surface area contributed by atoms with Gasteiger partial charge in [0.2, 0.25) is 5.89 Å². The molecule has 2 aliphatic rings. The van der Waals surface area contributed by atoms with Gasteiger partial charge in [-0.2, -0.15) is 4.98 Å². The Bertz CT molecular complexity index is 577. The summed E-state index contributed by atoms with van der Waals surface area (Å²) in [6.07, 6.45) is 2.09. The van der Waals surface area contributed by atoms with Gasteiger partial charge < -0.3 is 15.0 Å². The topological polar surface area (TPSA) is 108 Å². The van der Waals surface area contributed by atoms with Gasteiger partial charge in [0.25, 0.3) is 0 Å². The van der Waals surface area contributed by atoms with E-state index in [0.717, 1.165) is 12.8 Å². The van der Waals surface area contributed by atoms with Crippen molar-refractivity contribution in [1.82, 2.24) is 10.1 Å². The number of ether oxygens (including phenoxy) is 1. The standard InChI is InChI=1S/C12H19N3O4S/c13-8-12(2-4-18-5-3-12)11-14-10(15-19-11)9-1-6-20(16,17)7-9/h9H,1-8,13H2. The predicted molar refractivity (Wildman–Crippen MR) is 71.1 cm³/mol. The molecule has 1 aromatic heterocycles. The van der Waals surface area contributed by atoms with Gasteiger partial charge in [-0.1, -0.05) is 5.16 Å². The molecule has 2 fully saturated rings. The first-order valence-electron chi connectivity index (χ1n) is 6.87. The molecule has 0 saturated carbocycles. The summed E-state index contributed by atoms with van der Waals surface area (Å²) in [5.41, 5.74) is 5.58. The zero-order valence-electron chi connectivity index (χ0n) is 11.2. The van der Waals surface area contributed by atoms with Gasteiger partial charge in [-0.15, -0.1) is 0 Å². The molecule has 0 aliphatic carbocycles. The van der Waals surface area contributed by atoms with Crippen molar-refractivity contribution in [2.45, 2.75) is 30.6 Å². The Morgan fingerprint density at radius 3 is 2.70 bits per heavy atom. The Kier molecular flexibility index (Phi) is 3.55. The molecule has 0 radical (unpaired) electrons. The minimum absolute atomic E-state index is 0.116. The Morgan fingerprint density at radius 1 is 1.35 bits per heavy atom. The molecular formula is C12H19N3O4S. The van der Waals surface area contributed by atoms with E-state index in [4.69, 9.17) is 15.0 Å². The molecule has 1 aromatic rings. The van der Waals surface area contributed by atoms with Crippen LogP contribution in [0.4, 0.5) is 0 Å². The molecule has 2 aliphatic heterocycles. The van der Waals surface area contributed by atoms with Gasteiger partial charge >= 0.3 is 0 Å². The van der Waals surface area contributed by atoms with Gasteiger partial charge in [0, 0.05) is 25.7 Å². The molecule has 1 atom stereocenters. The molecular weight excluding hydrogens is 282 g/mol.